The lowest BCUT2D eigenvalue weighted by Gasteiger charge is -2.06. The van der Waals surface area contributed by atoms with E-state index in [0.29, 0.717) is 23.3 Å². The van der Waals surface area contributed by atoms with E-state index in [2.05, 4.69) is 33.2 Å². The van der Waals surface area contributed by atoms with Gasteiger partial charge in [0.05, 0.1) is 0 Å². The molecule has 0 spiro atoms. The van der Waals surface area contributed by atoms with Crippen LogP contribution >= 0.6 is 15.9 Å². The average Bonchev–Trinajstić information content (AvgIpc) is 2.38. The van der Waals surface area contributed by atoms with Gasteiger partial charge in [0, 0.05) is 30.4 Å². The van der Waals surface area contributed by atoms with Crippen LogP contribution < -0.4 is 5.32 Å². The topological polar surface area (TPSA) is 51.2 Å². The molecule has 5 heteroatoms. The van der Waals surface area contributed by atoms with Crippen LogP contribution in [0.15, 0.2) is 22.8 Å². The van der Waals surface area contributed by atoms with Crippen LogP contribution in [0, 0.1) is 0 Å². The van der Waals surface area contributed by atoms with Crippen molar-refractivity contribution in [1.82, 2.24) is 10.3 Å². The lowest BCUT2D eigenvalue weighted by molar-refractivity contribution is 0.0935. The van der Waals surface area contributed by atoms with Gasteiger partial charge >= 0.3 is 0 Å². The molecule has 0 saturated carbocycles. The van der Waals surface area contributed by atoms with Crippen LogP contribution in [-0.2, 0) is 4.74 Å². The molecule has 0 aliphatic rings. The SMILES string of the molecule is CCCCOCCCNC(=O)c1ncccc1Br. The number of ether oxygens (including phenoxy) is 1. The van der Waals surface area contributed by atoms with Gasteiger partial charge in [0.2, 0.25) is 0 Å². The maximum atomic E-state index is 11.8. The van der Waals surface area contributed by atoms with E-state index >= 15 is 0 Å². The summed E-state index contributed by atoms with van der Waals surface area (Å²) in [6, 6.07) is 3.58. The summed E-state index contributed by atoms with van der Waals surface area (Å²) >= 11 is 3.30. The number of carbonyl (C=O) groups is 1. The standard InChI is InChI=1S/C13H19BrN2O2/c1-2-3-9-18-10-5-8-16-13(17)12-11(14)6-4-7-15-12/h4,6-7H,2-3,5,8-10H2,1H3,(H,16,17). The summed E-state index contributed by atoms with van der Waals surface area (Å²) in [5.41, 5.74) is 0.421. The predicted octanol–water partition coefficient (Wildman–Crippen LogP) is 2.78. The minimum atomic E-state index is -0.156. The Morgan fingerprint density at radius 1 is 1.44 bits per heavy atom. The molecule has 4 nitrogen and oxygen atoms in total. The van der Waals surface area contributed by atoms with Gasteiger partial charge in [-0.25, -0.2) is 4.98 Å². The van der Waals surface area contributed by atoms with E-state index in [1.807, 2.05) is 0 Å². The Hall–Kier alpha value is -0.940. The van der Waals surface area contributed by atoms with Gasteiger partial charge < -0.3 is 10.1 Å². The van der Waals surface area contributed by atoms with Crippen molar-refractivity contribution in [3.05, 3.63) is 28.5 Å². The Bertz CT molecular complexity index is 372. The first-order chi connectivity index (χ1) is 8.75. The molecule has 0 unspecified atom stereocenters. The highest BCUT2D eigenvalue weighted by molar-refractivity contribution is 9.10. The Kier molecular flexibility index (Phi) is 7.60. The highest BCUT2D eigenvalue weighted by atomic mass is 79.9. The highest BCUT2D eigenvalue weighted by Crippen LogP contribution is 2.12. The van der Waals surface area contributed by atoms with Crippen LogP contribution in [0.1, 0.15) is 36.7 Å². The minimum Gasteiger partial charge on any atom is -0.381 e. The molecule has 1 amide bonds. The number of hydrogen-bond donors (Lipinski definition) is 1. The van der Waals surface area contributed by atoms with Crippen LogP contribution in [0.5, 0.6) is 0 Å². The van der Waals surface area contributed by atoms with Crippen LogP contribution in [0.3, 0.4) is 0 Å². The van der Waals surface area contributed by atoms with E-state index < -0.39 is 0 Å². The summed E-state index contributed by atoms with van der Waals surface area (Å²) in [4.78, 5) is 15.8. The third kappa shape index (κ3) is 5.60. The number of aromatic nitrogens is 1. The first kappa shape index (κ1) is 15.1. The molecule has 1 heterocycles. The fourth-order valence-electron chi connectivity index (χ4n) is 1.36. The van der Waals surface area contributed by atoms with Crippen molar-refractivity contribution < 1.29 is 9.53 Å². The fourth-order valence-corrected chi connectivity index (χ4v) is 1.80. The van der Waals surface area contributed by atoms with E-state index in [-0.39, 0.29) is 5.91 Å². The maximum absolute atomic E-state index is 11.8. The largest absolute Gasteiger partial charge is 0.381 e. The summed E-state index contributed by atoms with van der Waals surface area (Å²) in [5, 5.41) is 2.82. The molecule has 18 heavy (non-hydrogen) atoms. The van der Waals surface area contributed by atoms with E-state index in [0.717, 1.165) is 25.9 Å². The molecule has 0 fully saturated rings. The van der Waals surface area contributed by atoms with Gasteiger partial charge in [-0.2, -0.15) is 0 Å². The molecule has 0 aliphatic carbocycles. The molecular formula is C13H19BrN2O2. The number of pyridine rings is 1. The number of nitrogens with one attached hydrogen (secondary N) is 1. The van der Waals surface area contributed by atoms with Gasteiger partial charge in [0.15, 0.2) is 0 Å². The van der Waals surface area contributed by atoms with Crippen molar-refractivity contribution in [2.75, 3.05) is 19.8 Å². The molecule has 0 radical (unpaired) electrons. The lowest BCUT2D eigenvalue weighted by atomic mass is 10.3. The molecule has 0 bridgehead atoms. The third-order valence-electron chi connectivity index (χ3n) is 2.37. The quantitative estimate of drug-likeness (QED) is 0.751. The molecule has 0 saturated heterocycles. The van der Waals surface area contributed by atoms with Crippen LogP contribution in [0.2, 0.25) is 0 Å². The van der Waals surface area contributed by atoms with Gasteiger partial charge in [-0.1, -0.05) is 13.3 Å². The van der Waals surface area contributed by atoms with Crippen molar-refractivity contribution >= 4 is 21.8 Å². The van der Waals surface area contributed by atoms with E-state index in [1.165, 1.54) is 0 Å². The number of rotatable bonds is 8. The number of amides is 1. The number of hydrogen-bond acceptors (Lipinski definition) is 3. The second kappa shape index (κ2) is 9.05. The van der Waals surface area contributed by atoms with Crippen molar-refractivity contribution in [3.8, 4) is 0 Å². The van der Waals surface area contributed by atoms with Gasteiger partial charge in [0.25, 0.3) is 5.91 Å². The second-order valence-electron chi connectivity index (χ2n) is 3.91. The Morgan fingerprint density at radius 2 is 2.22 bits per heavy atom. The molecule has 1 N–H and O–H groups in total. The Morgan fingerprint density at radius 3 is 2.94 bits per heavy atom. The van der Waals surface area contributed by atoms with E-state index in [4.69, 9.17) is 4.74 Å². The van der Waals surface area contributed by atoms with Gasteiger partial charge in [-0.05, 0) is 40.9 Å². The number of halogens is 1. The molecule has 100 valence electrons. The molecule has 1 aromatic rings. The number of unbranched alkanes of at least 4 members (excludes halogenated alkanes) is 1. The van der Waals surface area contributed by atoms with Crippen LogP contribution in [0.25, 0.3) is 0 Å². The lowest BCUT2D eigenvalue weighted by Crippen LogP contribution is -2.26. The van der Waals surface area contributed by atoms with Crippen molar-refractivity contribution in [2.45, 2.75) is 26.2 Å². The van der Waals surface area contributed by atoms with Crippen LogP contribution in [-0.4, -0.2) is 30.6 Å². The summed E-state index contributed by atoms with van der Waals surface area (Å²) < 4.78 is 6.12. The third-order valence-corrected chi connectivity index (χ3v) is 3.01. The van der Waals surface area contributed by atoms with Gasteiger partial charge in [-0.15, -0.1) is 0 Å². The van der Waals surface area contributed by atoms with Gasteiger partial charge in [-0.3, -0.25) is 4.79 Å². The van der Waals surface area contributed by atoms with Crippen molar-refractivity contribution in [3.63, 3.8) is 0 Å². The zero-order valence-electron chi connectivity index (χ0n) is 10.6. The van der Waals surface area contributed by atoms with Crippen molar-refractivity contribution in [1.29, 1.82) is 0 Å². The molecule has 0 atom stereocenters. The number of nitrogens with zero attached hydrogens (tertiary/aromatic N) is 1. The zero-order valence-corrected chi connectivity index (χ0v) is 12.2. The van der Waals surface area contributed by atoms with Crippen molar-refractivity contribution in [2.24, 2.45) is 0 Å². The first-order valence-corrected chi connectivity index (χ1v) is 7.01. The molecule has 0 aromatic carbocycles. The Balaban J connectivity index is 2.16. The zero-order chi connectivity index (χ0) is 13.2. The van der Waals surface area contributed by atoms with E-state index in [9.17, 15) is 4.79 Å². The monoisotopic (exact) mass is 314 g/mol. The molecule has 0 aliphatic heterocycles. The second-order valence-corrected chi connectivity index (χ2v) is 4.76. The Labute approximate surface area is 116 Å². The van der Waals surface area contributed by atoms with E-state index in [1.54, 1.807) is 18.3 Å². The molecular weight excluding hydrogens is 296 g/mol. The summed E-state index contributed by atoms with van der Waals surface area (Å²) in [6.45, 7) is 4.22. The maximum Gasteiger partial charge on any atom is 0.271 e. The average molecular weight is 315 g/mol. The van der Waals surface area contributed by atoms with Crippen LogP contribution in [0.4, 0.5) is 0 Å². The van der Waals surface area contributed by atoms with Gasteiger partial charge in [0.1, 0.15) is 5.69 Å². The normalized spacial score (nSPS) is 10.3. The number of carbonyl (C=O) groups excluding carboxylic acids is 1. The summed E-state index contributed by atoms with van der Waals surface area (Å²) in [5.74, 6) is -0.156. The fraction of sp³-hybridized carbons (Fsp3) is 0.538. The smallest absolute Gasteiger partial charge is 0.271 e. The first-order valence-electron chi connectivity index (χ1n) is 6.22. The molecule has 1 rings (SSSR count). The summed E-state index contributed by atoms with van der Waals surface area (Å²) in [6.07, 6.45) is 4.66. The summed E-state index contributed by atoms with van der Waals surface area (Å²) in [7, 11) is 0. The molecule has 1 aromatic heterocycles. The predicted molar refractivity (Wildman–Crippen MR) is 74.6 cm³/mol. The highest BCUT2D eigenvalue weighted by Gasteiger charge is 2.09. The minimum absolute atomic E-state index is 0.156.